The van der Waals surface area contributed by atoms with Crippen molar-refractivity contribution in [1.29, 1.82) is 0 Å². The van der Waals surface area contributed by atoms with Crippen LogP contribution in [-0.4, -0.2) is 36.0 Å². The molecule has 1 aromatic carbocycles. The zero-order valence-electron chi connectivity index (χ0n) is 13.6. The SMILES string of the molecule is COc1cc(C(=O)N2CCc3sccc3C2)c([N+](=O)[O-])cc1OC(F)F. The highest BCUT2D eigenvalue weighted by Gasteiger charge is 2.30. The van der Waals surface area contributed by atoms with Gasteiger partial charge in [-0.1, -0.05) is 0 Å². The van der Waals surface area contributed by atoms with E-state index in [4.69, 9.17) is 4.74 Å². The average molecular weight is 384 g/mol. The molecule has 0 bridgehead atoms. The first kappa shape index (κ1) is 18.1. The first-order valence-electron chi connectivity index (χ1n) is 7.56. The van der Waals surface area contributed by atoms with Crippen LogP contribution in [0.5, 0.6) is 11.5 Å². The highest BCUT2D eigenvalue weighted by Crippen LogP contribution is 2.37. The molecular formula is C16H14F2N2O5S. The first-order chi connectivity index (χ1) is 12.4. The van der Waals surface area contributed by atoms with Gasteiger partial charge in [0.15, 0.2) is 11.5 Å². The van der Waals surface area contributed by atoms with E-state index in [-0.39, 0.29) is 11.3 Å². The quantitative estimate of drug-likeness (QED) is 0.582. The van der Waals surface area contributed by atoms with Crippen LogP contribution in [0.1, 0.15) is 20.8 Å². The number of alkyl halides is 2. The molecule has 138 valence electrons. The second kappa shape index (κ2) is 7.24. The summed E-state index contributed by atoms with van der Waals surface area (Å²) >= 11 is 1.60. The van der Waals surface area contributed by atoms with Gasteiger partial charge in [0.05, 0.1) is 18.1 Å². The van der Waals surface area contributed by atoms with Gasteiger partial charge in [-0.25, -0.2) is 0 Å². The van der Waals surface area contributed by atoms with Crippen molar-refractivity contribution in [3.8, 4) is 11.5 Å². The van der Waals surface area contributed by atoms with E-state index in [1.165, 1.54) is 16.9 Å². The van der Waals surface area contributed by atoms with Gasteiger partial charge >= 0.3 is 6.61 Å². The molecule has 0 unspecified atom stereocenters. The van der Waals surface area contributed by atoms with Crippen LogP contribution in [0.25, 0.3) is 0 Å². The van der Waals surface area contributed by atoms with E-state index < -0.39 is 28.9 Å². The number of hydrogen-bond acceptors (Lipinski definition) is 6. The number of nitro benzene ring substituents is 1. The molecule has 1 aliphatic rings. The highest BCUT2D eigenvalue weighted by molar-refractivity contribution is 7.10. The monoisotopic (exact) mass is 384 g/mol. The molecule has 0 radical (unpaired) electrons. The molecule has 1 aromatic heterocycles. The number of rotatable bonds is 5. The number of nitro groups is 1. The van der Waals surface area contributed by atoms with Crippen LogP contribution in [0.4, 0.5) is 14.5 Å². The maximum atomic E-state index is 12.8. The molecule has 1 aliphatic heterocycles. The summed E-state index contributed by atoms with van der Waals surface area (Å²) in [6.07, 6.45) is 0.663. The average Bonchev–Trinajstić information content (AvgIpc) is 3.07. The molecule has 0 atom stereocenters. The van der Waals surface area contributed by atoms with E-state index >= 15 is 0 Å². The summed E-state index contributed by atoms with van der Waals surface area (Å²) in [5, 5.41) is 13.3. The van der Waals surface area contributed by atoms with Crippen molar-refractivity contribution >= 4 is 22.9 Å². The highest BCUT2D eigenvalue weighted by atomic mass is 32.1. The second-order valence-electron chi connectivity index (χ2n) is 5.50. The van der Waals surface area contributed by atoms with Crippen LogP contribution in [0.2, 0.25) is 0 Å². The molecule has 2 heterocycles. The fraction of sp³-hybridized carbons (Fsp3) is 0.312. The molecular weight excluding hydrogens is 370 g/mol. The lowest BCUT2D eigenvalue weighted by molar-refractivity contribution is -0.385. The third-order valence-electron chi connectivity index (χ3n) is 4.02. The van der Waals surface area contributed by atoms with E-state index in [0.717, 1.165) is 17.7 Å². The maximum absolute atomic E-state index is 12.8. The van der Waals surface area contributed by atoms with Crippen LogP contribution in [0, 0.1) is 10.1 Å². The van der Waals surface area contributed by atoms with E-state index in [1.54, 1.807) is 11.3 Å². The number of carbonyl (C=O) groups excluding carboxylic acids is 1. The van der Waals surface area contributed by atoms with Crippen LogP contribution < -0.4 is 9.47 Å². The Morgan fingerprint density at radius 3 is 2.81 bits per heavy atom. The molecule has 7 nitrogen and oxygen atoms in total. The van der Waals surface area contributed by atoms with E-state index in [0.29, 0.717) is 19.5 Å². The fourth-order valence-electron chi connectivity index (χ4n) is 2.81. The predicted molar refractivity (Wildman–Crippen MR) is 89.0 cm³/mol. The number of amides is 1. The van der Waals surface area contributed by atoms with Crippen molar-refractivity contribution in [2.75, 3.05) is 13.7 Å². The van der Waals surface area contributed by atoms with Crippen LogP contribution >= 0.6 is 11.3 Å². The molecule has 3 rings (SSSR count). The molecule has 1 amide bonds. The van der Waals surface area contributed by atoms with Crippen LogP contribution in [-0.2, 0) is 13.0 Å². The zero-order chi connectivity index (χ0) is 18.8. The molecule has 0 N–H and O–H groups in total. The minimum atomic E-state index is -3.18. The second-order valence-corrected chi connectivity index (χ2v) is 6.50. The normalized spacial score (nSPS) is 13.5. The largest absolute Gasteiger partial charge is 0.493 e. The summed E-state index contributed by atoms with van der Waals surface area (Å²) in [5.74, 6) is -1.23. The van der Waals surface area contributed by atoms with Crippen molar-refractivity contribution < 1.29 is 28.0 Å². The van der Waals surface area contributed by atoms with Crippen molar-refractivity contribution in [2.24, 2.45) is 0 Å². The molecule has 2 aromatic rings. The summed E-state index contributed by atoms with van der Waals surface area (Å²) in [5.41, 5.74) is 0.164. The molecule has 10 heteroatoms. The molecule has 26 heavy (non-hydrogen) atoms. The van der Waals surface area contributed by atoms with Crippen molar-refractivity contribution in [3.63, 3.8) is 0 Å². The van der Waals surface area contributed by atoms with Crippen LogP contribution in [0.3, 0.4) is 0 Å². The Morgan fingerprint density at radius 1 is 1.38 bits per heavy atom. The van der Waals surface area contributed by atoms with Gasteiger partial charge in [-0.15, -0.1) is 11.3 Å². The van der Waals surface area contributed by atoms with Gasteiger partial charge < -0.3 is 14.4 Å². The Morgan fingerprint density at radius 2 is 2.15 bits per heavy atom. The van der Waals surface area contributed by atoms with Gasteiger partial charge in [-0.05, 0) is 23.4 Å². The zero-order valence-corrected chi connectivity index (χ0v) is 14.4. The number of fused-ring (bicyclic) bond motifs is 1. The summed E-state index contributed by atoms with van der Waals surface area (Å²) in [6, 6.07) is 3.77. The number of hydrogen-bond donors (Lipinski definition) is 0. The standard InChI is InChI=1S/C16H14F2N2O5S/c1-24-12-6-10(11(20(22)23)7-13(12)25-16(17)18)15(21)19-4-2-14-9(8-19)3-5-26-14/h3,5-7,16H,2,4,8H2,1H3. The van der Waals surface area contributed by atoms with Gasteiger partial charge in [-0.3, -0.25) is 14.9 Å². The van der Waals surface area contributed by atoms with Gasteiger partial charge in [0.1, 0.15) is 5.56 Å². The fourth-order valence-corrected chi connectivity index (χ4v) is 3.70. The Kier molecular flexibility index (Phi) is 5.03. The molecule has 0 spiro atoms. The molecule has 0 saturated carbocycles. The number of halogens is 2. The van der Waals surface area contributed by atoms with Gasteiger partial charge in [-0.2, -0.15) is 8.78 Å². The molecule has 0 fully saturated rings. The van der Waals surface area contributed by atoms with Crippen molar-refractivity contribution in [1.82, 2.24) is 4.90 Å². The van der Waals surface area contributed by atoms with Crippen LogP contribution in [0.15, 0.2) is 23.6 Å². The topological polar surface area (TPSA) is 81.9 Å². The number of nitrogens with zero attached hydrogens (tertiary/aromatic N) is 2. The first-order valence-corrected chi connectivity index (χ1v) is 8.44. The van der Waals surface area contributed by atoms with Crippen molar-refractivity contribution in [2.45, 2.75) is 19.6 Å². The number of thiophene rings is 1. The summed E-state index contributed by atoms with van der Waals surface area (Å²) < 4.78 is 34.2. The third kappa shape index (κ3) is 3.45. The Hall–Kier alpha value is -2.75. The van der Waals surface area contributed by atoms with E-state index in [2.05, 4.69) is 4.74 Å². The number of benzene rings is 1. The lowest BCUT2D eigenvalue weighted by Crippen LogP contribution is -2.35. The van der Waals surface area contributed by atoms with Gasteiger partial charge in [0, 0.05) is 24.0 Å². The smallest absolute Gasteiger partial charge is 0.387 e. The Balaban J connectivity index is 1.97. The minimum absolute atomic E-state index is 0.174. The number of carbonyl (C=O) groups is 1. The molecule has 0 saturated heterocycles. The number of ether oxygens (including phenoxy) is 2. The number of methoxy groups -OCH3 is 1. The van der Waals surface area contributed by atoms with Gasteiger partial charge in [0.25, 0.3) is 11.6 Å². The summed E-state index contributed by atoms with van der Waals surface area (Å²) in [4.78, 5) is 26.1. The van der Waals surface area contributed by atoms with Crippen molar-refractivity contribution in [3.05, 3.63) is 49.7 Å². The third-order valence-corrected chi connectivity index (χ3v) is 5.04. The summed E-state index contributed by atoms with van der Waals surface area (Å²) in [6.45, 7) is -2.42. The Bertz CT molecular complexity index is 855. The Labute approximate surface area is 150 Å². The lowest BCUT2D eigenvalue weighted by Gasteiger charge is -2.27. The summed E-state index contributed by atoms with van der Waals surface area (Å²) in [7, 11) is 1.20. The lowest BCUT2D eigenvalue weighted by atomic mass is 10.1. The molecule has 0 aliphatic carbocycles. The van der Waals surface area contributed by atoms with E-state index in [1.807, 2.05) is 11.4 Å². The maximum Gasteiger partial charge on any atom is 0.387 e. The minimum Gasteiger partial charge on any atom is -0.493 e. The van der Waals surface area contributed by atoms with Gasteiger partial charge in [0.2, 0.25) is 0 Å². The van der Waals surface area contributed by atoms with E-state index in [9.17, 15) is 23.7 Å². The predicted octanol–water partition coefficient (Wildman–Crippen LogP) is 3.46.